The summed E-state index contributed by atoms with van der Waals surface area (Å²) in [7, 11) is 3.16. The second kappa shape index (κ2) is 8.46. The zero-order chi connectivity index (χ0) is 21.1. The highest BCUT2D eigenvalue weighted by Crippen LogP contribution is 2.36. The van der Waals surface area contributed by atoms with Crippen molar-refractivity contribution < 1.29 is 28.5 Å². The van der Waals surface area contributed by atoms with E-state index in [4.69, 9.17) is 18.9 Å². The number of carbonyl (C=O) groups is 2. The molecule has 0 aromatic heterocycles. The molecule has 1 N–H and O–H groups in total. The first-order chi connectivity index (χ1) is 14.6. The lowest BCUT2D eigenvalue weighted by Gasteiger charge is -2.15. The van der Waals surface area contributed by atoms with Crippen molar-refractivity contribution in [3.63, 3.8) is 0 Å². The van der Waals surface area contributed by atoms with Crippen LogP contribution in [0.25, 0.3) is 5.57 Å². The Bertz CT molecular complexity index is 999. The maximum atomic E-state index is 13.1. The van der Waals surface area contributed by atoms with E-state index in [1.165, 1.54) is 4.90 Å². The van der Waals surface area contributed by atoms with Crippen LogP contribution in [0.15, 0.2) is 48.2 Å². The number of anilines is 1. The van der Waals surface area contributed by atoms with Gasteiger partial charge in [-0.2, -0.15) is 0 Å². The van der Waals surface area contributed by atoms with E-state index >= 15 is 0 Å². The number of methoxy groups -OCH3 is 2. The Morgan fingerprint density at radius 2 is 1.77 bits per heavy atom. The SMILES string of the molecule is COCCCN1C(=O)C(Nc2ccc3c(c2)OCO3)=C(c2ccc(OC)cc2)C1=O. The van der Waals surface area contributed by atoms with Crippen molar-refractivity contribution in [2.24, 2.45) is 0 Å². The largest absolute Gasteiger partial charge is 0.497 e. The normalized spacial score (nSPS) is 15.2. The maximum absolute atomic E-state index is 13.1. The molecule has 0 spiro atoms. The Balaban J connectivity index is 1.69. The van der Waals surface area contributed by atoms with E-state index in [0.717, 1.165) is 0 Å². The van der Waals surface area contributed by atoms with Crippen molar-refractivity contribution in [1.29, 1.82) is 0 Å². The van der Waals surface area contributed by atoms with E-state index in [-0.39, 0.29) is 30.8 Å². The van der Waals surface area contributed by atoms with Crippen LogP contribution in [0.4, 0.5) is 5.69 Å². The van der Waals surface area contributed by atoms with Crippen molar-refractivity contribution >= 4 is 23.1 Å². The molecule has 0 saturated carbocycles. The van der Waals surface area contributed by atoms with Gasteiger partial charge in [-0.3, -0.25) is 14.5 Å². The Hall–Kier alpha value is -3.52. The average Bonchev–Trinajstić information content (AvgIpc) is 3.32. The van der Waals surface area contributed by atoms with Gasteiger partial charge in [0.05, 0.1) is 12.7 Å². The monoisotopic (exact) mass is 410 g/mol. The van der Waals surface area contributed by atoms with Gasteiger partial charge < -0.3 is 24.3 Å². The second-order valence-corrected chi connectivity index (χ2v) is 6.78. The van der Waals surface area contributed by atoms with E-state index in [9.17, 15) is 9.59 Å². The molecule has 8 heteroatoms. The van der Waals surface area contributed by atoms with E-state index in [1.807, 2.05) is 0 Å². The summed E-state index contributed by atoms with van der Waals surface area (Å²) in [6, 6.07) is 12.3. The summed E-state index contributed by atoms with van der Waals surface area (Å²) >= 11 is 0. The first-order valence-corrected chi connectivity index (χ1v) is 9.53. The molecule has 0 unspecified atom stereocenters. The number of amides is 2. The predicted molar refractivity (Wildman–Crippen MR) is 109 cm³/mol. The molecule has 0 atom stereocenters. The van der Waals surface area contributed by atoms with Gasteiger partial charge in [-0.15, -0.1) is 0 Å². The van der Waals surface area contributed by atoms with Gasteiger partial charge in [-0.05, 0) is 36.2 Å². The molecule has 156 valence electrons. The van der Waals surface area contributed by atoms with Crippen molar-refractivity contribution in [3.8, 4) is 17.2 Å². The molecule has 0 aliphatic carbocycles. The molecule has 4 rings (SSSR count). The van der Waals surface area contributed by atoms with Crippen LogP contribution in [0.2, 0.25) is 0 Å². The Morgan fingerprint density at radius 3 is 2.50 bits per heavy atom. The number of nitrogens with one attached hydrogen (secondary N) is 1. The fourth-order valence-electron chi connectivity index (χ4n) is 3.41. The van der Waals surface area contributed by atoms with Crippen LogP contribution in [0.5, 0.6) is 17.2 Å². The lowest BCUT2D eigenvalue weighted by Crippen LogP contribution is -2.33. The van der Waals surface area contributed by atoms with Crippen LogP contribution < -0.4 is 19.5 Å². The lowest BCUT2D eigenvalue weighted by molar-refractivity contribution is -0.136. The minimum Gasteiger partial charge on any atom is -0.497 e. The Labute approximate surface area is 174 Å². The van der Waals surface area contributed by atoms with E-state index in [0.29, 0.717) is 47.1 Å². The molecule has 8 nitrogen and oxygen atoms in total. The van der Waals surface area contributed by atoms with Gasteiger partial charge in [-0.1, -0.05) is 12.1 Å². The standard InChI is InChI=1S/C22H22N2O6/c1-27-11-3-10-24-21(25)19(14-4-7-16(28-2)8-5-14)20(22(24)26)23-15-6-9-17-18(12-15)30-13-29-17/h4-9,12,23H,3,10-11,13H2,1-2H3. The third-order valence-corrected chi connectivity index (χ3v) is 4.92. The van der Waals surface area contributed by atoms with Crippen LogP contribution in [0, 0.1) is 0 Å². The second-order valence-electron chi connectivity index (χ2n) is 6.78. The Morgan fingerprint density at radius 1 is 1.00 bits per heavy atom. The number of nitrogens with zero attached hydrogens (tertiary/aromatic N) is 1. The number of benzene rings is 2. The number of rotatable bonds is 8. The van der Waals surface area contributed by atoms with Crippen molar-refractivity contribution in [3.05, 3.63) is 53.7 Å². The molecule has 30 heavy (non-hydrogen) atoms. The molecule has 0 fully saturated rings. The summed E-state index contributed by atoms with van der Waals surface area (Å²) < 4.78 is 21.0. The summed E-state index contributed by atoms with van der Waals surface area (Å²) in [5.74, 6) is 1.17. The summed E-state index contributed by atoms with van der Waals surface area (Å²) in [5.41, 5.74) is 1.80. The lowest BCUT2D eigenvalue weighted by atomic mass is 10.0. The third-order valence-electron chi connectivity index (χ3n) is 4.92. The number of ether oxygens (including phenoxy) is 4. The highest BCUT2D eigenvalue weighted by Gasteiger charge is 2.39. The summed E-state index contributed by atoms with van der Waals surface area (Å²) in [5, 5.41) is 3.12. The summed E-state index contributed by atoms with van der Waals surface area (Å²) in [6.45, 7) is 0.889. The van der Waals surface area contributed by atoms with Crippen molar-refractivity contribution in [2.45, 2.75) is 6.42 Å². The summed E-state index contributed by atoms with van der Waals surface area (Å²) in [6.07, 6.45) is 0.557. The third kappa shape index (κ3) is 3.69. The molecule has 2 heterocycles. The highest BCUT2D eigenvalue weighted by molar-refractivity contribution is 6.36. The van der Waals surface area contributed by atoms with Crippen LogP contribution in [0.3, 0.4) is 0 Å². The van der Waals surface area contributed by atoms with Gasteiger partial charge in [-0.25, -0.2) is 0 Å². The Kier molecular flexibility index (Phi) is 5.58. The van der Waals surface area contributed by atoms with E-state index < -0.39 is 0 Å². The minimum atomic E-state index is -0.375. The maximum Gasteiger partial charge on any atom is 0.278 e. The minimum absolute atomic E-state index is 0.156. The fourth-order valence-corrected chi connectivity index (χ4v) is 3.41. The fraction of sp³-hybridized carbons (Fsp3) is 0.273. The zero-order valence-electron chi connectivity index (χ0n) is 16.8. The highest BCUT2D eigenvalue weighted by atomic mass is 16.7. The van der Waals surface area contributed by atoms with Crippen molar-refractivity contribution in [2.75, 3.05) is 39.5 Å². The van der Waals surface area contributed by atoms with Gasteiger partial charge in [0, 0.05) is 32.0 Å². The zero-order valence-corrected chi connectivity index (χ0v) is 16.8. The van der Waals surface area contributed by atoms with Gasteiger partial charge >= 0.3 is 0 Å². The quantitative estimate of drug-likeness (QED) is 0.529. The molecule has 2 aliphatic heterocycles. The molecule has 2 aliphatic rings. The molecule has 2 aromatic rings. The molecular formula is C22H22N2O6. The van der Waals surface area contributed by atoms with Gasteiger partial charge in [0.2, 0.25) is 6.79 Å². The van der Waals surface area contributed by atoms with Gasteiger partial charge in [0.25, 0.3) is 11.8 Å². The topological polar surface area (TPSA) is 86.3 Å². The molecule has 2 aromatic carbocycles. The number of hydrogen-bond donors (Lipinski definition) is 1. The number of imide groups is 1. The van der Waals surface area contributed by atoms with Gasteiger partial charge in [0.1, 0.15) is 11.4 Å². The van der Waals surface area contributed by atoms with Crippen LogP contribution in [0.1, 0.15) is 12.0 Å². The van der Waals surface area contributed by atoms with Gasteiger partial charge in [0.15, 0.2) is 11.5 Å². The molecule has 2 amide bonds. The van der Waals surface area contributed by atoms with Crippen LogP contribution >= 0.6 is 0 Å². The first kappa shape index (κ1) is 19.8. The van der Waals surface area contributed by atoms with E-state index in [1.54, 1.807) is 56.7 Å². The average molecular weight is 410 g/mol. The van der Waals surface area contributed by atoms with Crippen molar-refractivity contribution in [1.82, 2.24) is 4.90 Å². The molecule has 0 saturated heterocycles. The number of carbonyl (C=O) groups excluding carboxylic acids is 2. The van der Waals surface area contributed by atoms with Crippen LogP contribution in [-0.2, 0) is 14.3 Å². The summed E-state index contributed by atoms with van der Waals surface area (Å²) in [4.78, 5) is 27.5. The smallest absolute Gasteiger partial charge is 0.278 e. The molecule has 0 radical (unpaired) electrons. The van der Waals surface area contributed by atoms with E-state index in [2.05, 4.69) is 5.32 Å². The number of hydrogen-bond acceptors (Lipinski definition) is 7. The molecular weight excluding hydrogens is 388 g/mol. The number of fused-ring (bicyclic) bond motifs is 1. The predicted octanol–water partition coefficient (Wildman–Crippen LogP) is 2.65. The first-order valence-electron chi connectivity index (χ1n) is 9.53. The van der Waals surface area contributed by atoms with Crippen LogP contribution in [-0.4, -0.2) is 50.9 Å². The molecule has 0 bridgehead atoms.